The molecule has 14 nitrogen and oxygen atoms in total. The van der Waals surface area contributed by atoms with Crippen molar-refractivity contribution in [2.45, 2.75) is 128 Å². The van der Waals surface area contributed by atoms with Gasteiger partial charge in [0.1, 0.15) is 24.2 Å². The number of fused-ring (bicyclic) bond motifs is 1. The number of benzene rings is 1. The van der Waals surface area contributed by atoms with Crippen LogP contribution in [0.2, 0.25) is 0 Å². The number of ketones is 2. The fraction of sp³-hybridized carbons (Fsp3) is 0.625. The molecule has 2 unspecified atom stereocenters. The Morgan fingerprint density at radius 1 is 0.926 bits per heavy atom. The van der Waals surface area contributed by atoms with E-state index in [-0.39, 0.29) is 36.6 Å². The number of nitrogens with zero attached hydrogens (tertiary/aromatic N) is 2. The molecule has 4 fully saturated rings. The van der Waals surface area contributed by atoms with Crippen molar-refractivity contribution in [1.29, 1.82) is 0 Å². The standard InChI is InChI=1S/C40H54N6O8/c1-22(2)31(32(47)25-12-13-25)43-38(52)44-34(40(3,4)5)37(51)46-21-28(54-39(53)45-17-16-24-8-6-7-9-26(24)20-45)19-30(46)35(49)42-29(18-23-10-11-23)33(48)36(50)41-27-14-15-27/h6-9,23,25,27-31,34H,1,10-21H2,2-5H3,(H,41,50)(H,42,49)(H2,43,44,52)/t28?,29?,30-,31-,34+/m0/s1. The quantitative estimate of drug-likeness (QED) is 0.166. The molecule has 3 aliphatic carbocycles. The Bertz CT molecular complexity index is 1690. The molecule has 0 bridgehead atoms. The molecule has 2 aliphatic heterocycles. The number of carbonyl (C=O) groups excluding carboxylic acids is 7. The predicted molar refractivity (Wildman–Crippen MR) is 198 cm³/mol. The van der Waals surface area contributed by atoms with Gasteiger partial charge in [0.15, 0.2) is 5.78 Å². The second-order valence-electron chi connectivity index (χ2n) is 16.9. The van der Waals surface area contributed by atoms with Crippen molar-refractivity contribution in [3.05, 3.63) is 47.5 Å². The van der Waals surface area contributed by atoms with E-state index in [4.69, 9.17) is 4.74 Å². The molecule has 0 aromatic heterocycles. The van der Waals surface area contributed by atoms with Crippen LogP contribution in [0.15, 0.2) is 36.4 Å². The number of hydrogen-bond donors (Lipinski definition) is 4. The lowest BCUT2D eigenvalue weighted by Crippen LogP contribution is -2.61. The summed E-state index contributed by atoms with van der Waals surface area (Å²) in [4.78, 5) is 97.6. The molecule has 0 spiro atoms. The van der Waals surface area contributed by atoms with Crippen LogP contribution in [0, 0.1) is 17.3 Å². The number of rotatable bonds is 14. The fourth-order valence-electron chi connectivity index (χ4n) is 7.23. The van der Waals surface area contributed by atoms with Gasteiger partial charge >= 0.3 is 12.1 Å². The minimum atomic E-state index is -1.17. The highest BCUT2D eigenvalue weighted by Gasteiger charge is 2.48. The lowest BCUT2D eigenvalue weighted by molar-refractivity contribution is -0.144. The van der Waals surface area contributed by atoms with Gasteiger partial charge in [-0.25, -0.2) is 9.59 Å². The highest BCUT2D eigenvalue weighted by atomic mass is 16.6. The van der Waals surface area contributed by atoms with Crippen LogP contribution in [0.25, 0.3) is 0 Å². The lowest BCUT2D eigenvalue weighted by Gasteiger charge is -2.36. The molecule has 5 aliphatic rings. The molecule has 1 aromatic carbocycles. The number of Topliss-reactive ketones (excluding diaryl/α,β-unsaturated/α-hetero) is 2. The normalized spacial score (nSPS) is 22.5. The SMILES string of the molecule is C=C(C)[C@H](NC(=O)N[C@H](C(=O)N1CC(OC(=O)N2CCc3ccccc3C2)C[C@H]1C(=O)NC(CC1CC1)C(=O)C(=O)NC1CC1)C(C)(C)C)C(=O)C1CC1. The van der Waals surface area contributed by atoms with E-state index in [2.05, 4.69) is 27.8 Å². The van der Waals surface area contributed by atoms with E-state index in [0.717, 1.165) is 49.7 Å². The minimum absolute atomic E-state index is 0.0398. The molecule has 6 rings (SSSR count). The van der Waals surface area contributed by atoms with E-state index in [1.807, 2.05) is 24.3 Å². The van der Waals surface area contributed by atoms with Crippen molar-refractivity contribution in [2.24, 2.45) is 17.3 Å². The van der Waals surface area contributed by atoms with Crippen LogP contribution in [0.1, 0.15) is 90.2 Å². The predicted octanol–water partition coefficient (Wildman–Crippen LogP) is 2.92. The first-order valence-electron chi connectivity index (χ1n) is 19.3. The number of amides is 6. The minimum Gasteiger partial charge on any atom is -0.444 e. The summed E-state index contributed by atoms with van der Waals surface area (Å²) in [5.41, 5.74) is 1.78. The summed E-state index contributed by atoms with van der Waals surface area (Å²) >= 11 is 0. The van der Waals surface area contributed by atoms with Crippen molar-refractivity contribution in [3.63, 3.8) is 0 Å². The Morgan fingerprint density at radius 3 is 2.22 bits per heavy atom. The third kappa shape index (κ3) is 9.67. The van der Waals surface area contributed by atoms with Crippen LogP contribution in [0.5, 0.6) is 0 Å². The number of urea groups is 1. The highest BCUT2D eigenvalue weighted by Crippen LogP contribution is 2.35. The number of hydrogen-bond acceptors (Lipinski definition) is 8. The second-order valence-corrected chi connectivity index (χ2v) is 16.9. The first-order chi connectivity index (χ1) is 25.6. The zero-order valence-electron chi connectivity index (χ0n) is 31.8. The van der Waals surface area contributed by atoms with E-state index in [1.54, 1.807) is 32.6 Å². The van der Waals surface area contributed by atoms with Crippen LogP contribution in [-0.4, -0.2) is 101 Å². The van der Waals surface area contributed by atoms with Crippen LogP contribution < -0.4 is 21.3 Å². The van der Waals surface area contributed by atoms with Gasteiger partial charge in [-0.2, -0.15) is 0 Å². The number of carbonyl (C=O) groups is 7. The van der Waals surface area contributed by atoms with E-state index in [0.29, 0.717) is 31.5 Å². The maximum atomic E-state index is 14.6. The lowest BCUT2D eigenvalue weighted by atomic mass is 9.85. The van der Waals surface area contributed by atoms with E-state index in [9.17, 15) is 33.6 Å². The summed E-state index contributed by atoms with van der Waals surface area (Å²) in [5, 5.41) is 10.9. The summed E-state index contributed by atoms with van der Waals surface area (Å²) in [6.07, 6.45) is 4.34. The molecule has 2 heterocycles. The van der Waals surface area contributed by atoms with Crippen molar-refractivity contribution >= 4 is 41.4 Å². The van der Waals surface area contributed by atoms with Gasteiger partial charge in [0.2, 0.25) is 17.6 Å². The smallest absolute Gasteiger partial charge is 0.410 e. The number of ether oxygens (including phenoxy) is 1. The van der Waals surface area contributed by atoms with E-state index >= 15 is 0 Å². The summed E-state index contributed by atoms with van der Waals surface area (Å²) in [6.45, 7) is 11.5. The molecule has 54 heavy (non-hydrogen) atoms. The molecule has 5 atom stereocenters. The van der Waals surface area contributed by atoms with Gasteiger partial charge in [0.25, 0.3) is 5.91 Å². The Kier molecular flexibility index (Phi) is 11.5. The Labute approximate surface area is 316 Å². The molecule has 1 aromatic rings. The molecular formula is C40H54N6O8. The van der Waals surface area contributed by atoms with Crippen LogP contribution in [0.3, 0.4) is 0 Å². The zero-order chi connectivity index (χ0) is 38.9. The summed E-state index contributed by atoms with van der Waals surface area (Å²) in [5.74, 6) is -2.79. The van der Waals surface area contributed by atoms with Gasteiger partial charge in [0.05, 0.1) is 12.6 Å². The van der Waals surface area contributed by atoms with Crippen molar-refractivity contribution in [3.8, 4) is 0 Å². The highest BCUT2D eigenvalue weighted by molar-refractivity contribution is 6.38. The summed E-state index contributed by atoms with van der Waals surface area (Å²) < 4.78 is 5.96. The average molecular weight is 747 g/mol. The third-order valence-electron chi connectivity index (χ3n) is 11.0. The second kappa shape index (κ2) is 15.9. The zero-order valence-corrected chi connectivity index (χ0v) is 31.8. The van der Waals surface area contributed by atoms with Gasteiger partial charge in [-0.3, -0.25) is 24.0 Å². The molecule has 0 radical (unpaired) electrons. The monoisotopic (exact) mass is 746 g/mol. The Balaban J connectivity index is 1.20. The Morgan fingerprint density at radius 2 is 1.61 bits per heavy atom. The van der Waals surface area contributed by atoms with Crippen molar-refractivity contribution in [2.75, 3.05) is 13.1 Å². The Hall–Kier alpha value is -4.75. The molecule has 14 heteroatoms. The fourth-order valence-corrected chi connectivity index (χ4v) is 7.23. The van der Waals surface area contributed by atoms with Gasteiger partial charge in [-0.15, -0.1) is 0 Å². The molecule has 3 saturated carbocycles. The largest absolute Gasteiger partial charge is 0.444 e. The first-order valence-corrected chi connectivity index (χ1v) is 19.3. The molecule has 1 saturated heterocycles. The van der Waals surface area contributed by atoms with Crippen molar-refractivity contribution < 1.29 is 38.3 Å². The summed E-state index contributed by atoms with van der Waals surface area (Å²) in [7, 11) is 0. The maximum Gasteiger partial charge on any atom is 0.410 e. The van der Waals surface area contributed by atoms with Gasteiger partial charge in [-0.05, 0) is 67.9 Å². The van der Waals surface area contributed by atoms with Gasteiger partial charge < -0.3 is 35.8 Å². The van der Waals surface area contributed by atoms with Gasteiger partial charge in [-0.1, -0.05) is 70.0 Å². The van der Waals surface area contributed by atoms with Crippen LogP contribution in [0.4, 0.5) is 9.59 Å². The molecular weight excluding hydrogens is 692 g/mol. The van der Waals surface area contributed by atoms with Gasteiger partial charge in [0, 0.05) is 31.5 Å². The first kappa shape index (κ1) is 39.0. The topological polar surface area (TPSA) is 183 Å². The molecule has 4 N–H and O–H groups in total. The molecule has 292 valence electrons. The van der Waals surface area contributed by atoms with E-state index in [1.165, 1.54) is 4.90 Å². The van der Waals surface area contributed by atoms with Crippen LogP contribution >= 0.6 is 0 Å². The third-order valence-corrected chi connectivity index (χ3v) is 11.0. The van der Waals surface area contributed by atoms with Crippen LogP contribution in [-0.2, 0) is 41.7 Å². The molecule has 6 amide bonds. The maximum absolute atomic E-state index is 14.6. The summed E-state index contributed by atoms with van der Waals surface area (Å²) in [6, 6.07) is 2.75. The van der Waals surface area contributed by atoms with Crippen molar-refractivity contribution in [1.82, 2.24) is 31.1 Å². The average Bonchev–Trinajstić information content (AvgIpc) is 4.00. The number of likely N-dealkylation sites (tertiary alicyclic amines) is 1. The number of nitrogens with one attached hydrogen (secondary N) is 4. The van der Waals surface area contributed by atoms with E-state index < -0.39 is 71.3 Å².